The summed E-state index contributed by atoms with van der Waals surface area (Å²) in [4.78, 5) is 3.20. The number of hydrogen-bond acceptors (Lipinski definition) is 0. The third-order valence-corrected chi connectivity index (χ3v) is 1.21. The predicted octanol–water partition coefficient (Wildman–Crippen LogP) is -3.10. The summed E-state index contributed by atoms with van der Waals surface area (Å²) < 4.78 is 0. The number of benzene rings is 1. The lowest BCUT2D eigenvalue weighted by atomic mass is 10.3. The molecule has 60 valence electrons. The quantitative estimate of drug-likeness (QED) is 0.398. The highest BCUT2D eigenvalue weighted by molar-refractivity contribution is 6.30. The van der Waals surface area contributed by atoms with E-state index in [1.807, 2.05) is 0 Å². The minimum Gasteiger partial charge on any atom is -1.00 e. The van der Waals surface area contributed by atoms with Crippen molar-refractivity contribution in [3.63, 3.8) is 0 Å². The highest BCUT2D eigenvalue weighted by Gasteiger charge is 1.86. The summed E-state index contributed by atoms with van der Waals surface area (Å²) in [6.45, 7) is 6.60. The molecule has 0 radical (unpaired) electrons. The van der Waals surface area contributed by atoms with Gasteiger partial charge in [-0.1, -0.05) is 35.9 Å². The van der Waals surface area contributed by atoms with E-state index in [1.165, 1.54) is 0 Å². The van der Waals surface area contributed by atoms with Crippen LogP contribution in [0.25, 0.3) is 4.85 Å². The summed E-state index contributed by atoms with van der Waals surface area (Å²) in [6.07, 6.45) is 0. The summed E-state index contributed by atoms with van der Waals surface area (Å²) in [7, 11) is 0. The van der Waals surface area contributed by atoms with Crippen molar-refractivity contribution < 1.29 is 24.8 Å². The molecule has 0 aliphatic heterocycles. The zero-order valence-corrected chi connectivity index (χ0v) is 7.66. The summed E-state index contributed by atoms with van der Waals surface area (Å²) >= 11 is 5.57. The Bertz CT molecular complexity index is 237. The molecule has 1 aromatic carbocycles. The van der Waals surface area contributed by atoms with Crippen molar-refractivity contribution in [3.8, 4) is 0 Å². The molecule has 0 aromatic heterocycles. The lowest BCUT2D eigenvalue weighted by Crippen LogP contribution is -3.00. The fourth-order valence-electron chi connectivity index (χ4n) is 0.516. The van der Waals surface area contributed by atoms with Crippen LogP contribution in [0.4, 0.5) is 5.69 Å². The van der Waals surface area contributed by atoms with Crippen molar-refractivity contribution >= 4 is 17.3 Å². The fourth-order valence-corrected chi connectivity index (χ4v) is 0.642. The van der Waals surface area contributed by atoms with Crippen molar-refractivity contribution in [2.45, 2.75) is 0 Å². The van der Waals surface area contributed by atoms with Gasteiger partial charge >= 0.3 is 0 Å². The SMILES string of the molecule is [C-]#[N+]c1ccc(Cl)cc1.[Cl-].[Cl-]. The van der Waals surface area contributed by atoms with Crippen LogP contribution in [0.15, 0.2) is 24.3 Å². The van der Waals surface area contributed by atoms with E-state index in [0.29, 0.717) is 10.7 Å². The maximum atomic E-state index is 6.60. The summed E-state index contributed by atoms with van der Waals surface area (Å²) in [5.74, 6) is 0. The third-order valence-electron chi connectivity index (χ3n) is 0.956. The maximum Gasteiger partial charge on any atom is 0.187 e. The van der Waals surface area contributed by atoms with Crippen molar-refractivity contribution in [1.29, 1.82) is 0 Å². The largest absolute Gasteiger partial charge is 1.00 e. The van der Waals surface area contributed by atoms with Crippen LogP contribution in [-0.2, 0) is 0 Å². The molecule has 0 fully saturated rings. The number of rotatable bonds is 0. The molecule has 1 nitrogen and oxygen atoms in total. The number of nitrogens with zero attached hydrogens (tertiary/aromatic N) is 1. The normalized spacial score (nSPS) is 6.91. The average Bonchev–Trinajstić information content (AvgIpc) is 1.90. The van der Waals surface area contributed by atoms with Gasteiger partial charge in [0.15, 0.2) is 5.69 Å². The summed E-state index contributed by atoms with van der Waals surface area (Å²) in [6, 6.07) is 6.79. The van der Waals surface area contributed by atoms with E-state index in [0.717, 1.165) is 0 Å². The third kappa shape index (κ3) is 4.10. The zero-order chi connectivity index (χ0) is 6.69. The van der Waals surface area contributed by atoms with Gasteiger partial charge in [-0.15, -0.1) is 0 Å². The minimum absolute atomic E-state index is 0. The summed E-state index contributed by atoms with van der Waals surface area (Å²) in [5.41, 5.74) is 0.624. The Labute approximate surface area is 83.0 Å². The van der Waals surface area contributed by atoms with Gasteiger partial charge in [-0.05, 0) is 0 Å². The lowest BCUT2D eigenvalue weighted by Gasteiger charge is -1.86. The second-order valence-electron chi connectivity index (χ2n) is 1.59. The first kappa shape index (κ1) is 13.2. The van der Waals surface area contributed by atoms with E-state index in [9.17, 15) is 0 Å². The molecular formula is C7H4Cl3N-2. The Balaban J connectivity index is 0. The van der Waals surface area contributed by atoms with Crippen LogP contribution in [0.5, 0.6) is 0 Å². The molecule has 0 saturated carbocycles. The van der Waals surface area contributed by atoms with Gasteiger partial charge in [-0.3, -0.25) is 0 Å². The molecule has 0 bridgehead atoms. The second kappa shape index (κ2) is 6.30. The van der Waals surface area contributed by atoms with Gasteiger partial charge < -0.3 is 24.8 Å². The van der Waals surface area contributed by atoms with Gasteiger partial charge in [0.05, 0.1) is 6.57 Å². The monoisotopic (exact) mass is 207 g/mol. The highest BCUT2D eigenvalue weighted by Crippen LogP contribution is 2.15. The maximum absolute atomic E-state index is 6.60. The Kier molecular flexibility index (Phi) is 7.55. The molecule has 0 heterocycles. The molecule has 0 aliphatic rings. The van der Waals surface area contributed by atoms with Crippen molar-refractivity contribution in [1.82, 2.24) is 0 Å². The molecule has 1 aromatic rings. The van der Waals surface area contributed by atoms with E-state index in [1.54, 1.807) is 24.3 Å². The van der Waals surface area contributed by atoms with Gasteiger partial charge in [0.2, 0.25) is 0 Å². The van der Waals surface area contributed by atoms with Crippen LogP contribution in [0.3, 0.4) is 0 Å². The van der Waals surface area contributed by atoms with Crippen LogP contribution >= 0.6 is 11.6 Å². The molecule has 0 N–H and O–H groups in total. The molecule has 0 atom stereocenters. The Hall–Kier alpha value is -0.420. The highest BCUT2D eigenvalue weighted by atomic mass is 35.5. The van der Waals surface area contributed by atoms with Gasteiger partial charge in [-0.25, -0.2) is 4.85 Å². The lowest BCUT2D eigenvalue weighted by molar-refractivity contribution is -0.001000. The molecule has 0 amide bonds. The topological polar surface area (TPSA) is 4.36 Å². The fraction of sp³-hybridized carbons (Fsp3) is 0. The van der Waals surface area contributed by atoms with Gasteiger partial charge in [-0.2, -0.15) is 0 Å². The molecule has 0 saturated heterocycles. The van der Waals surface area contributed by atoms with Crippen molar-refractivity contribution in [2.75, 3.05) is 0 Å². The Morgan fingerprint density at radius 3 is 1.91 bits per heavy atom. The number of halogens is 3. The second-order valence-corrected chi connectivity index (χ2v) is 2.02. The van der Waals surface area contributed by atoms with E-state index in [2.05, 4.69) is 4.85 Å². The first-order valence-corrected chi connectivity index (χ1v) is 2.84. The standard InChI is InChI=1S/C7H4ClN.2ClH/c1-9-7-4-2-6(8)3-5-7;;/h2-5H;2*1H/p-2. The zero-order valence-electron chi connectivity index (χ0n) is 5.39. The van der Waals surface area contributed by atoms with E-state index < -0.39 is 0 Å². The molecule has 11 heavy (non-hydrogen) atoms. The minimum atomic E-state index is 0. The molecule has 4 heteroatoms. The number of hydrogen-bond donors (Lipinski definition) is 0. The van der Waals surface area contributed by atoms with E-state index >= 15 is 0 Å². The average molecular weight is 208 g/mol. The Morgan fingerprint density at radius 2 is 1.55 bits per heavy atom. The van der Waals surface area contributed by atoms with Crippen LogP contribution in [0.1, 0.15) is 0 Å². The smallest absolute Gasteiger partial charge is 0.187 e. The molecule has 0 aliphatic carbocycles. The van der Waals surface area contributed by atoms with E-state index in [-0.39, 0.29) is 24.8 Å². The Morgan fingerprint density at radius 1 is 1.09 bits per heavy atom. The van der Waals surface area contributed by atoms with Gasteiger partial charge in [0.1, 0.15) is 0 Å². The van der Waals surface area contributed by atoms with Crippen LogP contribution in [0.2, 0.25) is 5.02 Å². The first-order valence-electron chi connectivity index (χ1n) is 2.46. The molecule has 0 spiro atoms. The van der Waals surface area contributed by atoms with Crippen LogP contribution < -0.4 is 24.8 Å². The van der Waals surface area contributed by atoms with Crippen molar-refractivity contribution in [2.24, 2.45) is 0 Å². The predicted molar refractivity (Wildman–Crippen MR) is 37.7 cm³/mol. The summed E-state index contributed by atoms with van der Waals surface area (Å²) in [5, 5.41) is 0.669. The van der Waals surface area contributed by atoms with E-state index in [4.69, 9.17) is 18.2 Å². The van der Waals surface area contributed by atoms with Crippen molar-refractivity contribution in [3.05, 3.63) is 40.7 Å². The molecule has 0 unspecified atom stereocenters. The van der Waals surface area contributed by atoms with Gasteiger partial charge in [0.25, 0.3) is 0 Å². The van der Waals surface area contributed by atoms with Gasteiger partial charge in [0, 0.05) is 5.02 Å². The first-order chi connectivity index (χ1) is 4.33. The molecular weight excluding hydrogens is 204 g/mol. The van der Waals surface area contributed by atoms with Crippen LogP contribution in [-0.4, -0.2) is 0 Å². The van der Waals surface area contributed by atoms with Crippen LogP contribution in [0, 0.1) is 6.57 Å². The molecule has 1 rings (SSSR count).